The van der Waals surface area contributed by atoms with E-state index in [9.17, 15) is 33.6 Å². The van der Waals surface area contributed by atoms with Gasteiger partial charge in [-0.15, -0.1) is 0 Å². The Morgan fingerprint density at radius 2 is 0.714 bits per heavy atom. The number of ether oxygens (including phenoxy) is 9. The molecular weight excluding hydrogens is 905 g/mol. The largest absolute Gasteiger partial charge is 0.494 e. The number of hydrogen-bond donors (Lipinski definition) is 0. The molecule has 0 spiro atoms. The van der Waals surface area contributed by atoms with E-state index in [2.05, 4.69) is 13.2 Å². The molecule has 0 amide bonds. The highest BCUT2D eigenvalue weighted by Gasteiger charge is 2.21. The summed E-state index contributed by atoms with van der Waals surface area (Å²) >= 11 is 0. The predicted molar refractivity (Wildman–Crippen MR) is 254 cm³/mol. The van der Waals surface area contributed by atoms with Crippen LogP contribution < -0.4 is 28.4 Å². The van der Waals surface area contributed by atoms with Crippen LogP contribution in [0.25, 0.3) is 0 Å². The van der Waals surface area contributed by atoms with E-state index in [-0.39, 0.29) is 50.8 Å². The second-order valence-corrected chi connectivity index (χ2v) is 15.1. The lowest BCUT2D eigenvalue weighted by molar-refractivity contribution is -0.138. The third-order valence-corrected chi connectivity index (χ3v) is 9.99. The van der Waals surface area contributed by atoms with Gasteiger partial charge in [-0.2, -0.15) is 0 Å². The Labute approximate surface area is 404 Å². The molecule has 0 fully saturated rings. The number of carbonyl (C=O) groups excluding carboxylic acids is 7. The third-order valence-electron chi connectivity index (χ3n) is 9.99. The van der Waals surface area contributed by atoms with Crippen LogP contribution in [0.3, 0.4) is 0 Å². The number of rotatable bonds is 27. The predicted octanol–water partition coefficient (Wildman–Crippen LogP) is 9.69. The van der Waals surface area contributed by atoms with E-state index in [4.69, 9.17) is 42.6 Å². The molecule has 70 heavy (non-hydrogen) atoms. The van der Waals surface area contributed by atoms with Gasteiger partial charge >= 0.3 is 41.8 Å². The molecule has 0 radical (unpaired) electrons. The first-order valence-electron chi connectivity index (χ1n) is 22.3. The van der Waals surface area contributed by atoms with Crippen molar-refractivity contribution in [2.75, 3.05) is 33.5 Å². The van der Waals surface area contributed by atoms with Crippen LogP contribution in [0.5, 0.6) is 34.5 Å². The van der Waals surface area contributed by atoms with Crippen molar-refractivity contribution in [1.82, 2.24) is 0 Å². The molecule has 5 aromatic carbocycles. The summed E-state index contributed by atoms with van der Waals surface area (Å²) in [5.41, 5.74) is 0.532. The Morgan fingerprint density at radius 1 is 0.386 bits per heavy atom. The molecule has 0 saturated carbocycles. The first-order valence-corrected chi connectivity index (χ1v) is 22.3. The minimum Gasteiger partial charge on any atom is -0.494 e. The second-order valence-electron chi connectivity index (χ2n) is 15.1. The zero-order valence-electron chi connectivity index (χ0n) is 38.6. The highest BCUT2D eigenvalue weighted by molar-refractivity contribution is 5.98. The standard InChI is InChI=1S/C54H52O16/c1-4-48(55)65-34-12-8-6-10-32-63-41-22-14-37(15-23-41)50(57)67-43-26-18-39(19-27-43)52(59)69-45-30-31-47(46(36-45)54(61)62-3)70-53(60)40-20-28-44(29-21-40)68-51(58)38-16-24-42(25-17-38)64-33-11-7-9-13-35-66-49(56)5-2/h4-5,14-31,36H,1-2,6-13,32-35H2,3H3. The minimum absolute atomic E-state index is 0.0563. The Kier molecular flexibility index (Phi) is 20.9. The van der Waals surface area contributed by atoms with Gasteiger partial charge in [0.15, 0.2) is 0 Å². The zero-order chi connectivity index (χ0) is 50.1. The normalized spacial score (nSPS) is 10.4. The van der Waals surface area contributed by atoms with E-state index in [0.29, 0.717) is 37.9 Å². The van der Waals surface area contributed by atoms with Gasteiger partial charge in [0.25, 0.3) is 0 Å². The fraction of sp³-hybridized carbons (Fsp3) is 0.241. The summed E-state index contributed by atoms with van der Waals surface area (Å²) in [6, 6.07) is 28.0. The van der Waals surface area contributed by atoms with Crippen molar-refractivity contribution in [2.24, 2.45) is 0 Å². The lowest BCUT2D eigenvalue weighted by Crippen LogP contribution is -2.14. The summed E-state index contributed by atoms with van der Waals surface area (Å²) in [6.45, 7) is 8.39. The van der Waals surface area contributed by atoms with Gasteiger partial charge in [-0.3, -0.25) is 0 Å². The van der Waals surface area contributed by atoms with Crippen molar-refractivity contribution < 1.29 is 76.2 Å². The van der Waals surface area contributed by atoms with Crippen molar-refractivity contribution in [3.8, 4) is 34.5 Å². The molecule has 5 aromatic rings. The van der Waals surface area contributed by atoms with Crippen LogP contribution in [0.15, 0.2) is 141 Å². The minimum atomic E-state index is -0.873. The smallest absolute Gasteiger partial charge is 0.343 e. The van der Waals surface area contributed by atoms with Crippen molar-refractivity contribution in [3.63, 3.8) is 0 Å². The lowest BCUT2D eigenvalue weighted by Gasteiger charge is -2.12. The van der Waals surface area contributed by atoms with E-state index in [0.717, 1.165) is 70.6 Å². The Hall–Kier alpha value is -8.53. The average Bonchev–Trinajstić information content (AvgIpc) is 3.38. The van der Waals surface area contributed by atoms with Gasteiger partial charge in [0.1, 0.15) is 40.1 Å². The fourth-order valence-corrected chi connectivity index (χ4v) is 6.24. The van der Waals surface area contributed by atoms with E-state index in [1.54, 1.807) is 48.5 Å². The molecule has 5 rings (SSSR count). The van der Waals surface area contributed by atoms with Crippen LogP contribution in [0, 0.1) is 0 Å². The van der Waals surface area contributed by atoms with Crippen molar-refractivity contribution in [1.29, 1.82) is 0 Å². The molecular formula is C54H52O16. The summed E-state index contributed by atoms with van der Waals surface area (Å²) in [7, 11) is 1.13. The molecule has 0 saturated heterocycles. The summed E-state index contributed by atoms with van der Waals surface area (Å²) in [4.78, 5) is 86.7. The Bertz CT molecular complexity index is 2580. The maximum absolute atomic E-state index is 13.1. The molecule has 0 aliphatic carbocycles. The number of carbonyl (C=O) groups is 7. The fourth-order valence-electron chi connectivity index (χ4n) is 6.24. The summed E-state index contributed by atoms with van der Waals surface area (Å²) in [5, 5.41) is 0. The van der Waals surface area contributed by atoms with E-state index < -0.39 is 41.8 Å². The molecule has 0 unspecified atom stereocenters. The van der Waals surface area contributed by atoms with Gasteiger partial charge in [-0.1, -0.05) is 13.2 Å². The van der Waals surface area contributed by atoms with Crippen molar-refractivity contribution in [3.05, 3.63) is 168 Å². The number of unbranched alkanes of at least 4 members (excludes halogenated alkanes) is 6. The second kappa shape index (κ2) is 28.0. The van der Waals surface area contributed by atoms with E-state index in [1.165, 1.54) is 66.7 Å². The Morgan fingerprint density at radius 3 is 1.09 bits per heavy atom. The first-order chi connectivity index (χ1) is 34.0. The van der Waals surface area contributed by atoms with Crippen molar-refractivity contribution >= 4 is 41.8 Å². The Balaban J connectivity index is 1.05. The molecule has 0 aliphatic heterocycles. The maximum atomic E-state index is 13.1. The van der Waals surface area contributed by atoms with Crippen LogP contribution in [0.2, 0.25) is 0 Å². The van der Waals surface area contributed by atoms with Gasteiger partial charge in [-0.25, -0.2) is 33.6 Å². The first kappa shape index (κ1) is 52.4. The van der Waals surface area contributed by atoms with Gasteiger partial charge in [-0.05, 0) is 167 Å². The maximum Gasteiger partial charge on any atom is 0.343 e. The number of esters is 7. The van der Waals surface area contributed by atoms with E-state index >= 15 is 0 Å². The highest BCUT2D eigenvalue weighted by Crippen LogP contribution is 2.28. The van der Waals surface area contributed by atoms with Crippen LogP contribution in [-0.2, 0) is 23.8 Å². The monoisotopic (exact) mass is 956 g/mol. The van der Waals surface area contributed by atoms with Crippen LogP contribution in [0.4, 0.5) is 0 Å². The molecule has 0 N–H and O–H groups in total. The summed E-state index contributed by atoms with van der Waals surface area (Å²) in [6.07, 6.45) is 8.97. The molecule has 0 aliphatic rings. The summed E-state index contributed by atoms with van der Waals surface area (Å²) < 4.78 is 48.2. The van der Waals surface area contributed by atoms with Crippen molar-refractivity contribution in [2.45, 2.75) is 51.4 Å². The average molecular weight is 957 g/mol. The van der Waals surface area contributed by atoms with Gasteiger partial charge in [0.05, 0.1) is 55.8 Å². The molecule has 364 valence electrons. The molecule has 16 nitrogen and oxygen atoms in total. The zero-order valence-corrected chi connectivity index (χ0v) is 38.6. The number of methoxy groups -OCH3 is 1. The molecule has 0 bridgehead atoms. The number of benzene rings is 5. The van der Waals surface area contributed by atoms with E-state index in [1.807, 2.05) is 0 Å². The number of hydrogen-bond acceptors (Lipinski definition) is 16. The highest BCUT2D eigenvalue weighted by atomic mass is 16.6. The summed E-state index contributed by atoms with van der Waals surface area (Å²) in [5.74, 6) is -3.34. The topological polar surface area (TPSA) is 203 Å². The molecule has 0 atom stereocenters. The molecule has 0 aromatic heterocycles. The van der Waals surface area contributed by atoms with Gasteiger partial charge < -0.3 is 42.6 Å². The van der Waals surface area contributed by atoms with Gasteiger partial charge in [0, 0.05) is 12.2 Å². The SMILES string of the molecule is C=CC(=O)OCCCCCCOc1ccc(C(=O)Oc2ccc(C(=O)Oc3ccc(OC(=O)c4ccc(OC(=O)c5ccc(OCCCCCCOC(=O)C=C)cc5)cc4)c(C(=O)OC)c3)cc2)cc1. The lowest BCUT2D eigenvalue weighted by atomic mass is 10.1. The quantitative estimate of drug-likeness (QED) is 0.0158. The third kappa shape index (κ3) is 17.3. The molecule has 16 heteroatoms. The van der Waals surface area contributed by atoms with Gasteiger partial charge in [0.2, 0.25) is 0 Å². The van der Waals surface area contributed by atoms with Crippen LogP contribution in [0.1, 0.15) is 103 Å². The van der Waals surface area contributed by atoms with Crippen LogP contribution >= 0.6 is 0 Å². The van der Waals surface area contributed by atoms with Crippen LogP contribution in [-0.4, -0.2) is 75.3 Å². The molecule has 0 heterocycles.